The van der Waals surface area contributed by atoms with E-state index < -0.39 is 16.1 Å². The summed E-state index contributed by atoms with van der Waals surface area (Å²) in [6.07, 6.45) is 5.88. The molecule has 2 rings (SSSR count). The second-order valence-electron chi connectivity index (χ2n) is 7.00. The molecular weight excluding hydrogens is 330 g/mol. The molecule has 2 heterocycles. The summed E-state index contributed by atoms with van der Waals surface area (Å²) in [7, 11) is -3.40. The highest BCUT2D eigenvalue weighted by Gasteiger charge is 2.41. The third-order valence-corrected chi connectivity index (χ3v) is 5.78. The van der Waals surface area contributed by atoms with E-state index in [9.17, 15) is 18.0 Å². The molecule has 0 aliphatic carbocycles. The molecule has 0 saturated carbocycles. The van der Waals surface area contributed by atoms with E-state index in [-0.39, 0.29) is 17.2 Å². The summed E-state index contributed by atoms with van der Waals surface area (Å²) in [4.78, 5) is 27.9. The fourth-order valence-corrected chi connectivity index (χ4v) is 4.42. The summed E-state index contributed by atoms with van der Waals surface area (Å²) in [5.41, 5.74) is 0.0706. The molecular formula is C16H27N3O4S. The monoisotopic (exact) mass is 357 g/mol. The van der Waals surface area contributed by atoms with E-state index in [0.29, 0.717) is 26.1 Å². The molecule has 2 fully saturated rings. The average molecular weight is 357 g/mol. The predicted molar refractivity (Wildman–Crippen MR) is 91.7 cm³/mol. The number of amides is 2. The van der Waals surface area contributed by atoms with Gasteiger partial charge in [-0.15, -0.1) is 6.58 Å². The largest absolute Gasteiger partial charge is 0.341 e. The summed E-state index contributed by atoms with van der Waals surface area (Å²) < 4.78 is 24.9. The summed E-state index contributed by atoms with van der Waals surface area (Å²) in [6, 6.07) is -0.751. The van der Waals surface area contributed by atoms with Gasteiger partial charge in [0.15, 0.2) is 0 Å². The lowest BCUT2D eigenvalue weighted by atomic mass is 9.72. The summed E-state index contributed by atoms with van der Waals surface area (Å²) in [6.45, 7) is 7.76. The van der Waals surface area contributed by atoms with E-state index in [1.54, 1.807) is 17.9 Å². The van der Waals surface area contributed by atoms with Gasteiger partial charge in [-0.2, -0.15) is 0 Å². The van der Waals surface area contributed by atoms with Crippen LogP contribution in [0.3, 0.4) is 0 Å². The van der Waals surface area contributed by atoms with Gasteiger partial charge in [-0.3, -0.25) is 9.59 Å². The Kier molecular flexibility index (Phi) is 5.70. The van der Waals surface area contributed by atoms with Crippen LogP contribution in [0.1, 0.15) is 32.6 Å². The van der Waals surface area contributed by atoms with Crippen molar-refractivity contribution in [1.29, 1.82) is 0 Å². The van der Waals surface area contributed by atoms with Crippen LogP contribution in [0.2, 0.25) is 0 Å². The number of nitrogens with one attached hydrogen (secondary N) is 1. The van der Waals surface area contributed by atoms with Crippen LogP contribution in [-0.4, -0.2) is 68.5 Å². The van der Waals surface area contributed by atoms with Crippen molar-refractivity contribution in [2.75, 3.05) is 32.4 Å². The lowest BCUT2D eigenvalue weighted by Crippen LogP contribution is -2.54. The number of hydrogen-bond donors (Lipinski definition) is 1. The molecule has 24 heavy (non-hydrogen) atoms. The first-order valence-electron chi connectivity index (χ1n) is 8.31. The standard InChI is InChI=1S/C16H27N3O4S/c1-4-9-19-12-16(6-5-14(19)20)7-10-18(11-8-16)15(21)13(2)17-24(3,22)23/h4,13,17H,1,5-12H2,2-3H3/t13-/m1/s1. The summed E-state index contributed by atoms with van der Waals surface area (Å²) in [5.74, 6) is -0.0184. The van der Waals surface area contributed by atoms with Crippen LogP contribution in [0.25, 0.3) is 0 Å². The molecule has 0 aromatic carbocycles. The van der Waals surface area contributed by atoms with Gasteiger partial charge in [-0.25, -0.2) is 13.1 Å². The van der Waals surface area contributed by atoms with Gasteiger partial charge in [0.2, 0.25) is 21.8 Å². The van der Waals surface area contributed by atoms with Gasteiger partial charge in [0.05, 0.1) is 12.3 Å². The summed E-state index contributed by atoms with van der Waals surface area (Å²) >= 11 is 0. The van der Waals surface area contributed by atoms with Crippen molar-refractivity contribution in [2.24, 2.45) is 5.41 Å². The van der Waals surface area contributed by atoms with Crippen molar-refractivity contribution in [3.05, 3.63) is 12.7 Å². The highest BCUT2D eigenvalue weighted by atomic mass is 32.2. The third-order valence-electron chi connectivity index (χ3n) is 4.99. The summed E-state index contributed by atoms with van der Waals surface area (Å²) in [5, 5.41) is 0. The van der Waals surface area contributed by atoms with E-state index in [4.69, 9.17) is 0 Å². The van der Waals surface area contributed by atoms with Crippen LogP contribution in [0.15, 0.2) is 12.7 Å². The minimum Gasteiger partial charge on any atom is -0.341 e. The average Bonchev–Trinajstić information content (AvgIpc) is 2.50. The zero-order valence-electron chi connectivity index (χ0n) is 14.5. The Balaban J connectivity index is 1.94. The number of piperidine rings is 2. The van der Waals surface area contributed by atoms with Crippen LogP contribution < -0.4 is 4.72 Å². The Morgan fingerprint density at radius 2 is 2.00 bits per heavy atom. The SMILES string of the molecule is C=CCN1CC2(CCC1=O)CCN(C(=O)[C@@H](C)NS(C)(=O)=O)CC2. The van der Waals surface area contributed by atoms with Crippen LogP contribution >= 0.6 is 0 Å². The molecule has 0 bridgehead atoms. The molecule has 2 saturated heterocycles. The zero-order chi connectivity index (χ0) is 18.0. The molecule has 2 amide bonds. The highest BCUT2D eigenvalue weighted by molar-refractivity contribution is 7.88. The van der Waals surface area contributed by atoms with E-state index in [2.05, 4.69) is 11.3 Å². The molecule has 8 heteroatoms. The second-order valence-corrected chi connectivity index (χ2v) is 8.78. The van der Waals surface area contributed by atoms with Gasteiger partial charge in [-0.1, -0.05) is 6.08 Å². The maximum Gasteiger partial charge on any atom is 0.240 e. The van der Waals surface area contributed by atoms with Gasteiger partial charge in [0.1, 0.15) is 0 Å². The number of nitrogens with zero attached hydrogens (tertiary/aromatic N) is 2. The van der Waals surface area contributed by atoms with E-state index in [1.165, 1.54) is 0 Å². The Bertz CT molecular complexity index is 609. The molecule has 0 radical (unpaired) electrons. The van der Waals surface area contributed by atoms with E-state index in [0.717, 1.165) is 32.1 Å². The number of carbonyl (C=O) groups is 2. The van der Waals surface area contributed by atoms with Gasteiger partial charge in [0.25, 0.3) is 0 Å². The molecule has 2 aliphatic heterocycles. The predicted octanol–water partition coefficient (Wildman–Crippen LogP) is 0.341. The molecule has 2 aliphatic rings. The molecule has 7 nitrogen and oxygen atoms in total. The number of carbonyl (C=O) groups excluding carboxylic acids is 2. The molecule has 1 spiro atoms. The first kappa shape index (κ1) is 18.9. The molecule has 0 aromatic rings. The highest BCUT2D eigenvalue weighted by Crippen LogP contribution is 2.40. The van der Waals surface area contributed by atoms with Gasteiger partial charge < -0.3 is 9.80 Å². The Labute approximate surface area is 144 Å². The van der Waals surface area contributed by atoms with Crippen LogP contribution in [0.5, 0.6) is 0 Å². The fraction of sp³-hybridized carbons (Fsp3) is 0.750. The van der Waals surface area contributed by atoms with Gasteiger partial charge >= 0.3 is 0 Å². The molecule has 0 unspecified atom stereocenters. The third kappa shape index (κ3) is 4.57. The quantitative estimate of drug-likeness (QED) is 0.719. The fourth-order valence-electron chi connectivity index (χ4n) is 3.68. The number of rotatable bonds is 5. The molecule has 1 N–H and O–H groups in total. The zero-order valence-corrected chi connectivity index (χ0v) is 15.3. The lowest BCUT2D eigenvalue weighted by Gasteiger charge is -2.47. The Morgan fingerprint density at radius 1 is 1.38 bits per heavy atom. The van der Waals surface area contributed by atoms with Crippen LogP contribution in [-0.2, 0) is 19.6 Å². The van der Waals surface area contributed by atoms with Crippen molar-refractivity contribution >= 4 is 21.8 Å². The van der Waals surface area contributed by atoms with E-state index >= 15 is 0 Å². The van der Waals surface area contributed by atoms with Crippen LogP contribution in [0, 0.1) is 5.41 Å². The number of hydrogen-bond acceptors (Lipinski definition) is 4. The minimum atomic E-state index is -3.40. The van der Waals surface area contributed by atoms with Crippen molar-refractivity contribution in [3.8, 4) is 0 Å². The first-order chi connectivity index (χ1) is 11.2. The van der Waals surface area contributed by atoms with Crippen molar-refractivity contribution < 1.29 is 18.0 Å². The minimum absolute atomic E-state index is 0.0706. The maximum absolute atomic E-state index is 12.4. The molecule has 0 aromatic heterocycles. The topological polar surface area (TPSA) is 86.8 Å². The van der Waals surface area contributed by atoms with Crippen molar-refractivity contribution in [1.82, 2.24) is 14.5 Å². The van der Waals surface area contributed by atoms with Gasteiger partial charge in [0, 0.05) is 32.6 Å². The van der Waals surface area contributed by atoms with Crippen molar-refractivity contribution in [2.45, 2.75) is 38.6 Å². The number of likely N-dealkylation sites (tertiary alicyclic amines) is 2. The lowest BCUT2D eigenvalue weighted by molar-refractivity contribution is -0.142. The van der Waals surface area contributed by atoms with Crippen LogP contribution in [0.4, 0.5) is 0 Å². The number of sulfonamides is 1. The van der Waals surface area contributed by atoms with E-state index in [1.807, 2.05) is 4.90 Å². The smallest absolute Gasteiger partial charge is 0.240 e. The Hall–Kier alpha value is -1.41. The normalized spacial score (nSPS) is 22.5. The Morgan fingerprint density at radius 3 is 2.54 bits per heavy atom. The first-order valence-corrected chi connectivity index (χ1v) is 10.2. The van der Waals surface area contributed by atoms with Gasteiger partial charge in [-0.05, 0) is 31.6 Å². The maximum atomic E-state index is 12.4. The molecule has 1 atom stereocenters. The molecule has 136 valence electrons. The van der Waals surface area contributed by atoms with Crippen molar-refractivity contribution in [3.63, 3.8) is 0 Å². The second kappa shape index (κ2) is 7.23.